The molecule has 2 aliphatic rings. The fourth-order valence-corrected chi connectivity index (χ4v) is 4.24. The third-order valence-corrected chi connectivity index (χ3v) is 5.30. The summed E-state index contributed by atoms with van der Waals surface area (Å²) in [4.78, 5) is 2.43. The van der Waals surface area contributed by atoms with Crippen LogP contribution in [0.2, 0.25) is 0 Å². The third kappa shape index (κ3) is 3.32. The number of piperidine rings is 1. The van der Waals surface area contributed by atoms with Crippen LogP contribution in [0.4, 0.5) is 0 Å². The first-order valence-electron chi connectivity index (χ1n) is 9.61. The van der Waals surface area contributed by atoms with Crippen LogP contribution < -0.4 is 0 Å². The minimum Gasteiger partial charge on any atom is -0.301 e. The van der Waals surface area contributed by atoms with E-state index in [1.165, 1.54) is 22.4 Å². The largest absolute Gasteiger partial charge is 0.301 e. The molecule has 4 rings (SSSR count). The highest BCUT2D eigenvalue weighted by molar-refractivity contribution is 6.07. The van der Waals surface area contributed by atoms with E-state index in [4.69, 9.17) is 5.10 Å². The van der Waals surface area contributed by atoms with Gasteiger partial charge in [0.25, 0.3) is 0 Å². The molecule has 3 nitrogen and oxygen atoms in total. The van der Waals surface area contributed by atoms with Gasteiger partial charge in [-0.3, -0.25) is 5.01 Å². The predicted octanol–water partition coefficient (Wildman–Crippen LogP) is 4.45. The van der Waals surface area contributed by atoms with Gasteiger partial charge in [0.05, 0.1) is 11.8 Å². The zero-order valence-corrected chi connectivity index (χ0v) is 15.7. The zero-order chi connectivity index (χ0) is 17.9. The number of likely N-dealkylation sites (N-methyl/N-ethyl adjacent to an activating group) is 1. The van der Waals surface area contributed by atoms with Gasteiger partial charge in [0, 0.05) is 25.6 Å². The summed E-state index contributed by atoms with van der Waals surface area (Å²) in [6.07, 6.45) is 3.43. The molecule has 0 aliphatic carbocycles. The fraction of sp³-hybridized carbons (Fsp3) is 0.348. The van der Waals surface area contributed by atoms with E-state index in [0.29, 0.717) is 12.0 Å². The Bertz CT molecular complexity index is 795. The van der Waals surface area contributed by atoms with Crippen LogP contribution in [0.25, 0.3) is 6.08 Å². The molecule has 0 radical (unpaired) electrons. The number of hydrogen-bond acceptors (Lipinski definition) is 3. The average molecular weight is 345 g/mol. The number of rotatable bonds is 4. The molecule has 0 amide bonds. The van der Waals surface area contributed by atoms with Gasteiger partial charge >= 0.3 is 0 Å². The van der Waals surface area contributed by atoms with E-state index in [1.54, 1.807) is 0 Å². The molecule has 2 atom stereocenters. The van der Waals surface area contributed by atoms with Gasteiger partial charge in [-0.25, -0.2) is 0 Å². The first-order chi connectivity index (χ1) is 12.8. The van der Waals surface area contributed by atoms with E-state index >= 15 is 0 Å². The third-order valence-electron chi connectivity index (χ3n) is 5.30. The SMILES string of the molecule is CCCN1N=C2C(=Cc3ccccc3)CN(C)CC2C1c1ccccc1. The molecule has 0 aromatic heterocycles. The predicted molar refractivity (Wildman–Crippen MR) is 109 cm³/mol. The molecule has 1 fully saturated rings. The molecule has 26 heavy (non-hydrogen) atoms. The molecule has 2 aromatic rings. The molecular formula is C23H27N3. The lowest BCUT2D eigenvalue weighted by molar-refractivity contribution is 0.179. The highest BCUT2D eigenvalue weighted by Gasteiger charge is 2.42. The fourth-order valence-electron chi connectivity index (χ4n) is 4.24. The van der Waals surface area contributed by atoms with Crippen LogP contribution >= 0.6 is 0 Å². The lowest BCUT2D eigenvalue weighted by atomic mass is 9.83. The second kappa shape index (κ2) is 7.46. The van der Waals surface area contributed by atoms with Crippen molar-refractivity contribution in [3.63, 3.8) is 0 Å². The van der Waals surface area contributed by atoms with Crippen LogP contribution in [0.1, 0.15) is 30.5 Å². The van der Waals surface area contributed by atoms with Crippen molar-refractivity contribution in [2.75, 3.05) is 26.7 Å². The summed E-state index contributed by atoms with van der Waals surface area (Å²) in [6, 6.07) is 21.8. The Kier molecular flexibility index (Phi) is 4.89. The van der Waals surface area contributed by atoms with Gasteiger partial charge in [-0.1, -0.05) is 67.6 Å². The van der Waals surface area contributed by atoms with E-state index in [0.717, 1.165) is 26.1 Å². The van der Waals surface area contributed by atoms with Crippen molar-refractivity contribution >= 4 is 11.8 Å². The lowest BCUT2D eigenvalue weighted by Gasteiger charge is -2.34. The van der Waals surface area contributed by atoms with E-state index in [9.17, 15) is 0 Å². The maximum Gasteiger partial charge on any atom is 0.0816 e. The molecule has 2 aliphatic heterocycles. The average Bonchev–Trinajstić information content (AvgIpc) is 3.02. The smallest absolute Gasteiger partial charge is 0.0816 e. The maximum absolute atomic E-state index is 5.12. The van der Waals surface area contributed by atoms with E-state index < -0.39 is 0 Å². The van der Waals surface area contributed by atoms with Gasteiger partial charge in [-0.05, 0) is 36.2 Å². The Morgan fingerprint density at radius 3 is 2.42 bits per heavy atom. The molecule has 0 saturated carbocycles. The number of likely N-dealkylation sites (tertiary alicyclic amines) is 1. The summed E-state index contributed by atoms with van der Waals surface area (Å²) < 4.78 is 0. The molecule has 0 spiro atoms. The van der Waals surface area contributed by atoms with Crippen LogP contribution in [0, 0.1) is 5.92 Å². The summed E-state index contributed by atoms with van der Waals surface area (Å²) in [7, 11) is 2.22. The normalized spacial score (nSPS) is 24.6. The number of hydrogen-bond donors (Lipinski definition) is 0. The van der Waals surface area contributed by atoms with Crippen molar-refractivity contribution in [2.45, 2.75) is 19.4 Å². The molecule has 1 saturated heterocycles. The van der Waals surface area contributed by atoms with Crippen LogP contribution in [-0.2, 0) is 0 Å². The number of fused-ring (bicyclic) bond motifs is 1. The standard InChI is InChI=1S/C23H27N3/c1-3-14-26-23(19-12-8-5-9-13-19)21-17-25(2)16-20(22(21)24-26)15-18-10-6-4-7-11-18/h4-13,15,21,23H,3,14,16-17H2,1-2H3. The van der Waals surface area contributed by atoms with Crippen molar-refractivity contribution in [1.29, 1.82) is 0 Å². The second-order valence-corrected chi connectivity index (χ2v) is 7.39. The first kappa shape index (κ1) is 17.0. The van der Waals surface area contributed by atoms with Gasteiger partial charge in [0.1, 0.15) is 0 Å². The summed E-state index contributed by atoms with van der Waals surface area (Å²) in [6.45, 7) is 5.26. The Morgan fingerprint density at radius 1 is 1.04 bits per heavy atom. The van der Waals surface area contributed by atoms with Crippen molar-refractivity contribution < 1.29 is 0 Å². The van der Waals surface area contributed by atoms with E-state index in [1.807, 2.05) is 0 Å². The Labute approximate surface area is 156 Å². The summed E-state index contributed by atoms with van der Waals surface area (Å²) in [5.74, 6) is 0.428. The second-order valence-electron chi connectivity index (χ2n) is 7.39. The number of hydrazone groups is 1. The van der Waals surface area contributed by atoms with Gasteiger partial charge in [0.2, 0.25) is 0 Å². The minimum atomic E-state index is 0.341. The van der Waals surface area contributed by atoms with Gasteiger partial charge in [-0.2, -0.15) is 5.10 Å². The van der Waals surface area contributed by atoms with Gasteiger partial charge in [-0.15, -0.1) is 0 Å². The molecular weight excluding hydrogens is 318 g/mol. The van der Waals surface area contributed by atoms with Crippen LogP contribution in [0.5, 0.6) is 0 Å². The summed E-state index contributed by atoms with van der Waals surface area (Å²) in [5.41, 5.74) is 5.27. The molecule has 2 heterocycles. The topological polar surface area (TPSA) is 18.8 Å². The highest BCUT2D eigenvalue weighted by Crippen LogP contribution is 2.40. The van der Waals surface area contributed by atoms with Crippen LogP contribution in [0.15, 0.2) is 71.3 Å². The van der Waals surface area contributed by atoms with Crippen molar-refractivity contribution in [3.8, 4) is 0 Å². The highest BCUT2D eigenvalue weighted by atomic mass is 15.5. The minimum absolute atomic E-state index is 0.341. The lowest BCUT2D eigenvalue weighted by Crippen LogP contribution is -2.41. The van der Waals surface area contributed by atoms with E-state index in [2.05, 4.69) is 90.6 Å². The van der Waals surface area contributed by atoms with Gasteiger partial charge in [0.15, 0.2) is 0 Å². The van der Waals surface area contributed by atoms with Crippen molar-refractivity contribution in [1.82, 2.24) is 9.91 Å². The van der Waals surface area contributed by atoms with Crippen LogP contribution in [-0.4, -0.2) is 42.3 Å². The first-order valence-corrected chi connectivity index (χ1v) is 9.61. The summed E-state index contributed by atoms with van der Waals surface area (Å²) >= 11 is 0. The van der Waals surface area contributed by atoms with Crippen LogP contribution in [0.3, 0.4) is 0 Å². The van der Waals surface area contributed by atoms with E-state index in [-0.39, 0.29) is 0 Å². The summed E-state index contributed by atoms with van der Waals surface area (Å²) in [5, 5.41) is 7.45. The quantitative estimate of drug-likeness (QED) is 0.815. The Balaban J connectivity index is 1.73. The molecule has 0 bridgehead atoms. The monoisotopic (exact) mass is 345 g/mol. The molecule has 3 heteroatoms. The Hall–Kier alpha value is -2.39. The number of benzene rings is 2. The molecule has 2 unspecified atom stereocenters. The van der Waals surface area contributed by atoms with Crippen molar-refractivity contribution in [2.24, 2.45) is 11.0 Å². The maximum atomic E-state index is 5.12. The Morgan fingerprint density at radius 2 is 1.73 bits per heavy atom. The number of nitrogens with zero attached hydrogens (tertiary/aromatic N) is 3. The zero-order valence-electron chi connectivity index (χ0n) is 15.7. The molecule has 2 aromatic carbocycles. The molecule has 134 valence electrons. The van der Waals surface area contributed by atoms with Crippen molar-refractivity contribution in [3.05, 3.63) is 77.4 Å². The molecule has 0 N–H and O–H groups in total. The van der Waals surface area contributed by atoms with Gasteiger partial charge < -0.3 is 4.90 Å².